The summed E-state index contributed by atoms with van der Waals surface area (Å²) in [6.07, 6.45) is 1.75. The maximum absolute atomic E-state index is 13.1. The summed E-state index contributed by atoms with van der Waals surface area (Å²) >= 11 is 0. The van der Waals surface area contributed by atoms with Gasteiger partial charge in [0.1, 0.15) is 0 Å². The fourth-order valence-electron chi connectivity index (χ4n) is 3.56. The van der Waals surface area contributed by atoms with Gasteiger partial charge in [-0.2, -0.15) is 0 Å². The Morgan fingerprint density at radius 2 is 1.79 bits per heavy atom. The quantitative estimate of drug-likeness (QED) is 0.552. The Morgan fingerprint density at radius 1 is 1.03 bits per heavy atom. The van der Waals surface area contributed by atoms with Gasteiger partial charge in [-0.3, -0.25) is 9.59 Å². The first kappa shape index (κ1) is 20.6. The van der Waals surface area contributed by atoms with Gasteiger partial charge in [0.15, 0.2) is 0 Å². The minimum Gasteiger partial charge on any atom is -0.469 e. The van der Waals surface area contributed by atoms with E-state index in [1.807, 2.05) is 56.3 Å². The molecule has 3 aromatic carbocycles. The lowest BCUT2D eigenvalue weighted by Crippen LogP contribution is -2.20. The third-order valence-electron chi connectivity index (χ3n) is 5.26. The minimum atomic E-state index is -0.287. The first-order chi connectivity index (χ1) is 14.0. The highest BCUT2D eigenvalue weighted by molar-refractivity contribution is 5.99. The Morgan fingerprint density at radius 3 is 2.59 bits per heavy atom. The number of carbonyl (C=O) groups excluding carboxylic acids is 2. The molecule has 1 unspecified atom stereocenters. The van der Waals surface area contributed by atoms with Crippen molar-refractivity contribution in [2.24, 2.45) is 0 Å². The van der Waals surface area contributed by atoms with E-state index in [0.29, 0.717) is 19.3 Å². The van der Waals surface area contributed by atoms with E-state index in [1.165, 1.54) is 7.11 Å². The summed E-state index contributed by atoms with van der Waals surface area (Å²) < 4.78 is 4.71. The Bertz CT molecular complexity index is 1020. The highest BCUT2D eigenvalue weighted by atomic mass is 16.5. The normalized spacial score (nSPS) is 11.8. The maximum atomic E-state index is 13.1. The predicted octanol–water partition coefficient (Wildman–Crippen LogP) is 5.39. The standard InChI is InChI=1S/C25H27NO3/c1-17-14-15-20(10-7-13-24(27)29-3)23(16-17)26-25(28)18(2)21-12-6-9-19-8-4-5-11-22(19)21/h4-6,8-9,11-12,14-16,18H,7,10,13H2,1-3H3,(H,26,28). The number of fused-ring (bicyclic) bond motifs is 1. The predicted molar refractivity (Wildman–Crippen MR) is 117 cm³/mol. The summed E-state index contributed by atoms with van der Waals surface area (Å²) in [7, 11) is 1.40. The molecule has 0 aliphatic heterocycles. The summed E-state index contributed by atoms with van der Waals surface area (Å²) in [4.78, 5) is 24.4. The highest BCUT2D eigenvalue weighted by Gasteiger charge is 2.19. The Hall–Kier alpha value is -3.14. The van der Waals surface area contributed by atoms with Gasteiger partial charge in [-0.15, -0.1) is 0 Å². The van der Waals surface area contributed by atoms with Crippen molar-refractivity contribution in [3.8, 4) is 0 Å². The van der Waals surface area contributed by atoms with Crippen LogP contribution in [0.2, 0.25) is 0 Å². The Labute approximate surface area is 171 Å². The fourth-order valence-corrected chi connectivity index (χ4v) is 3.56. The van der Waals surface area contributed by atoms with E-state index < -0.39 is 0 Å². The molecule has 150 valence electrons. The number of benzene rings is 3. The van der Waals surface area contributed by atoms with Crippen molar-refractivity contribution in [1.82, 2.24) is 0 Å². The molecule has 0 aliphatic carbocycles. The third-order valence-corrected chi connectivity index (χ3v) is 5.26. The van der Waals surface area contributed by atoms with E-state index in [1.54, 1.807) is 0 Å². The van der Waals surface area contributed by atoms with Crippen molar-refractivity contribution in [3.05, 3.63) is 77.4 Å². The number of esters is 1. The van der Waals surface area contributed by atoms with Gasteiger partial charge >= 0.3 is 5.97 Å². The van der Waals surface area contributed by atoms with Crippen molar-refractivity contribution in [2.45, 2.75) is 39.0 Å². The van der Waals surface area contributed by atoms with Gasteiger partial charge < -0.3 is 10.1 Å². The molecule has 0 radical (unpaired) electrons. The largest absolute Gasteiger partial charge is 0.469 e. The van der Waals surface area contributed by atoms with Gasteiger partial charge in [-0.25, -0.2) is 0 Å². The molecule has 1 atom stereocenters. The van der Waals surface area contributed by atoms with Crippen LogP contribution in [0.3, 0.4) is 0 Å². The van der Waals surface area contributed by atoms with E-state index >= 15 is 0 Å². The molecule has 0 heterocycles. The van der Waals surface area contributed by atoms with Gasteiger partial charge in [-0.05, 0) is 60.2 Å². The molecule has 0 saturated heterocycles. The zero-order valence-corrected chi connectivity index (χ0v) is 17.2. The van der Waals surface area contributed by atoms with Crippen LogP contribution in [0.4, 0.5) is 5.69 Å². The number of amides is 1. The summed E-state index contributed by atoms with van der Waals surface area (Å²) in [5, 5.41) is 5.34. The summed E-state index contributed by atoms with van der Waals surface area (Å²) in [5.74, 6) is -0.544. The lowest BCUT2D eigenvalue weighted by Gasteiger charge is -2.17. The number of methoxy groups -OCH3 is 1. The molecule has 3 rings (SSSR count). The van der Waals surface area contributed by atoms with Crippen LogP contribution in [0.5, 0.6) is 0 Å². The van der Waals surface area contributed by atoms with Gasteiger partial charge in [0.2, 0.25) is 5.91 Å². The average molecular weight is 389 g/mol. The molecule has 0 fully saturated rings. The van der Waals surface area contributed by atoms with E-state index in [2.05, 4.69) is 23.5 Å². The van der Waals surface area contributed by atoms with Crippen LogP contribution in [-0.2, 0) is 20.7 Å². The van der Waals surface area contributed by atoms with Crippen LogP contribution < -0.4 is 5.32 Å². The molecule has 0 aromatic heterocycles. The van der Waals surface area contributed by atoms with Crippen molar-refractivity contribution < 1.29 is 14.3 Å². The van der Waals surface area contributed by atoms with Crippen LogP contribution >= 0.6 is 0 Å². The molecule has 1 amide bonds. The third kappa shape index (κ3) is 5.02. The second-order valence-corrected chi connectivity index (χ2v) is 7.37. The molecule has 1 N–H and O–H groups in total. The zero-order valence-electron chi connectivity index (χ0n) is 17.2. The topological polar surface area (TPSA) is 55.4 Å². The molecule has 0 saturated carbocycles. The lowest BCUT2D eigenvalue weighted by atomic mass is 9.94. The van der Waals surface area contributed by atoms with E-state index in [-0.39, 0.29) is 17.8 Å². The number of nitrogens with one attached hydrogen (secondary N) is 1. The SMILES string of the molecule is COC(=O)CCCc1ccc(C)cc1NC(=O)C(C)c1cccc2ccccc12. The zero-order chi connectivity index (χ0) is 20.8. The van der Waals surface area contributed by atoms with Gasteiger partial charge in [0.25, 0.3) is 0 Å². The number of hydrogen-bond donors (Lipinski definition) is 1. The van der Waals surface area contributed by atoms with Gasteiger partial charge in [0, 0.05) is 12.1 Å². The second kappa shape index (κ2) is 9.37. The summed E-state index contributed by atoms with van der Waals surface area (Å²) in [5.41, 5.74) is 3.93. The van der Waals surface area contributed by atoms with Crippen molar-refractivity contribution in [3.63, 3.8) is 0 Å². The van der Waals surface area contributed by atoms with Gasteiger partial charge in [-0.1, -0.05) is 54.6 Å². The van der Waals surface area contributed by atoms with Gasteiger partial charge in [0.05, 0.1) is 13.0 Å². The Kier molecular flexibility index (Phi) is 6.65. The molecule has 0 spiro atoms. The van der Waals surface area contributed by atoms with Crippen LogP contribution in [0.1, 0.15) is 42.4 Å². The van der Waals surface area contributed by atoms with Crippen molar-refractivity contribution in [2.75, 3.05) is 12.4 Å². The number of hydrogen-bond acceptors (Lipinski definition) is 3. The van der Waals surface area contributed by atoms with Crippen molar-refractivity contribution >= 4 is 28.3 Å². The smallest absolute Gasteiger partial charge is 0.305 e. The monoisotopic (exact) mass is 389 g/mol. The molecule has 29 heavy (non-hydrogen) atoms. The summed E-state index contributed by atoms with van der Waals surface area (Å²) in [6.45, 7) is 3.94. The molecule has 0 aliphatic rings. The molecule has 0 bridgehead atoms. The van der Waals surface area contributed by atoms with Crippen LogP contribution in [-0.4, -0.2) is 19.0 Å². The van der Waals surface area contributed by atoms with Crippen LogP contribution in [0, 0.1) is 6.92 Å². The number of anilines is 1. The van der Waals surface area contributed by atoms with Crippen molar-refractivity contribution in [1.29, 1.82) is 0 Å². The average Bonchev–Trinajstić information content (AvgIpc) is 2.74. The number of ether oxygens (including phenoxy) is 1. The first-order valence-corrected chi connectivity index (χ1v) is 9.94. The lowest BCUT2D eigenvalue weighted by molar-refractivity contribution is -0.140. The minimum absolute atomic E-state index is 0.0406. The molecule has 4 heteroatoms. The molecule has 4 nitrogen and oxygen atoms in total. The maximum Gasteiger partial charge on any atom is 0.305 e. The molecular weight excluding hydrogens is 362 g/mol. The highest BCUT2D eigenvalue weighted by Crippen LogP contribution is 2.28. The number of rotatable bonds is 7. The fraction of sp³-hybridized carbons (Fsp3) is 0.280. The summed E-state index contributed by atoms with van der Waals surface area (Å²) in [6, 6.07) is 20.2. The van der Waals surface area contributed by atoms with E-state index in [4.69, 9.17) is 4.74 Å². The Balaban J connectivity index is 1.79. The van der Waals surface area contributed by atoms with Crippen LogP contribution in [0.25, 0.3) is 10.8 Å². The van der Waals surface area contributed by atoms with Crippen LogP contribution in [0.15, 0.2) is 60.7 Å². The van der Waals surface area contributed by atoms with E-state index in [0.717, 1.165) is 33.2 Å². The number of aryl methyl sites for hydroxylation is 2. The molecule has 3 aromatic rings. The molecular formula is C25H27NO3. The van der Waals surface area contributed by atoms with E-state index in [9.17, 15) is 9.59 Å². The second-order valence-electron chi connectivity index (χ2n) is 7.37. The number of carbonyl (C=O) groups is 2. The first-order valence-electron chi connectivity index (χ1n) is 9.94.